The van der Waals surface area contributed by atoms with E-state index < -0.39 is 57.8 Å². The number of aliphatic hydroxyl groups is 1. The standard InChI is InChI=1S/C52H95O11P/c1-4-7-10-13-16-19-20-21-22-23-24-25-26-27-28-31-32-35-38-41-50(54)59-45-49(63-52(56)43-40-37-34-30-18-15-12-9-6-3)47-61-64(57,58)60-46-48(44-53)62-51(55)42-39-36-33-29-17-14-11-8-5-2/h16,19,21-22,24-25,48-49,53H,4-15,17-18,20,23,26-47H2,1-3H3,(H,57,58)/b19-16-,22-21-,25-24-. The molecule has 2 N–H and O–H groups in total. The van der Waals surface area contributed by atoms with Crippen LogP contribution in [-0.2, 0) is 42.2 Å². The molecule has 0 aliphatic rings. The Morgan fingerprint density at radius 2 is 0.766 bits per heavy atom. The Labute approximate surface area is 390 Å². The van der Waals surface area contributed by atoms with Gasteiger partial charge in [0.15, 0.2) is 6.10 Å². The number of phosphoric ester groups is 1. The van der Waals surface area contributed by atoms with Crippen molar-refractivity contribution in [2.45, 2.75) is 251 Å². The van der Waals surface area contributed by atoms with Gasteiger partial charge in [0.1, 0.15) is 12.7 Å². The van der Waals surface area contributed by atoms with Crippen molar-refractivity contribution in [3.8, 4) is 0 Å². The Bertz CT molecular complexity index is 1220. The molecule has 0 saturated carbocycles. The molecule has 0 aromatic heterocycles. The molecule has 0 aromatic carbocycles. The van der Waals surface area contributed by atoms with Gasteiger partial charge in [-0.25, -0.2) is 4.57 Å². The van der Waals surface area contributed by atoms with Crippen LogP contribution in [0.15, 0.2) is 36.5 Å². The Morgan fingerprint density at radius 1 is 0.438 bits per heavy atom. The number of unbranched alkanes of at least 4 members (excludes halogenated alkanes) is 25. The van der Waals surface area contributed by atoms with Crippen LogP contribution in [0.5, 0.6) is 0 Å². The van der Waals surface area contributed by atoms with E-state index in [-0.39, 0.29) is 25.9 Å². The fraction of sp³-hybridized carbons (Fsp3) is 0.827. The van der Waals surface area contributed by atoms with Gasteiger partial charge in [0.05, 0.1) is 19.8 Å². The highest BCUT2D eigenvalue weighted by molar-refractivity contribution is 7.47. The van der Waals surface area contributed by atoms with Gasteiger partial charge in [-0.2, -0.15) is 0 Å². The minimum Gasteiger partial charge on any atom is -0.462 e. The molecule has 64 heavy (non-hydrogen) atoms. The van der Waals surface area contributed by atoms with Crippen LogP contribution >= 0.6 is 7.82 Å². The second kappa shape index (κ2) is 47.2. The van der Waals surface area contributed by atoms with Gasteiger partial charge < -0.3 is 24.2 Å². The molecule has 0 amide bonds. The molecule has 0 aromatic rings. The third kappa shape index (κ3) is 44.9. The molecule has 0 spiro atoms. The molecule has 3 unspecified atom stereocenters. The summed E-state index contributed by atoms with van der Waals surface area (Å²) in [5.41, 5.74) is 0. The van der Waals surface area contributed by atoms with Gasteiger partial charge in [-0.15, -0.1) is 0 Å². The Morgan fingerprint density at radius 3 is 1.20 bits per heavy atom. The fourth-order valence-electron chi connectivity index (χ4n) is 7.07. The minimum atomic E-state index is -4.73. The van der Waals surface area contributed by atoms with Crippen LogP contribution in [0, 0.1) is 0 Å². The van der Waals surface area contributed by atoms with E-state index in [2.05, 4.69) is 57.2 Å². The van der Waals surface area contributed by atoms with Crippen LogP contribution in [0.3, 0.4) is 0 Å². The summed E-state index contributed by atoms with van der Waals surface area (Å²) in [4.78, 5) is 48.1. The van der Waals surface area contributed by atoms with Crippen LogP contribution in [0.25, 0.3) is 0 Å². The highest BCUT2D eigenvalue weighted by Gasteiger charge is 2.28. The molecule has 374 valence electrons. The molecule has 0 aliphatic carbocycles. The lowest BCUT2D eigenvalue weighted by Crippen LogP contribution is -2.30. The van der Waals surface area contributed by atoms with Crippen LogP contribution in [0.4, 0.5) is 0 Å². The molecule has 0 heterocycles. The molecular weight excluding hydrogens is 832 g/mol. The summed E-state index contributed by atoms with van der Waals surface area (Å²) in [6, 6.07) is 0. The van der Waals surface area contributed by atoms with Crippen molar-refractivity contribution < 1.29 is 52.2 Å². The fourth-order valence-corrected chi connectivity index (χ4v) is 7.85. The van der Waals surface area contributed by atoms with Gasteiger partial charge in [0, 0.05) is 19.3 Å². The van der Waals surface area contributed by atoms with E-state index in [4.69, 9.17) is 23.3 Å². The zero-order chi connectivity index (χ0) is 47.0. The predicted octanol–water partition coefficient (Wildman–Crippen LogP) is 14.5. The van der Waals surface area contributed by atoms with Crippen molar-refractivity contribution in [1.82, 2.24) is 0 Å². The van der Waals surface area contributed by atoms with Crippen LogP contribution < -0.4 is 0 Å². The number of rotatable bonds is 48. The number of esters is 3. The number of phosphoric acid groups is 1. The monoisotopic (exact) mass is 927 g/mol. The number of hydrogen-bond acceptors (Lipinski definition) is 10. The summed E-state index contributed by atoms with van der Waals surface area (Å²) in [7, 11) is -4.73. The molecule has 0 bridgehead atoms. The molecule has 0 radical (unpaired) electrons. The van der Waals surface area contributed by atoms with E-state index in [1.165, 1.54) is 89.9 Å². The van der Waals surface area contributed by atoms with Gasteiger partial charge >= 0.3 is 25.7 Å². The average molecular weight is 927 g/mol. The molecule has 0 saturated heterocycles. The SMILES string of the molecule is CCCCC/C=C\C/C=C\C/C=C\CCCCCCCCC(=O)OCC(COP(=O)(O)OCC(CO)OC(=O)CCCCCCCCCCC)OC(=O)CCCCCCCCCCC. The molecule has 11 nitrogen and oxygen atoms in total. The van der Waals surface area contributed by atoms with Crippen LogP contribution in [-0.4, -0.2) is 66.5 Å². The lowest BCUT2D eigenvalue weighted by atomic mass is 10.1. The number of hydrogen-bond donors (Lipinski definition) is 2. The smallest absolute Gasteiger partial charge is 0.462 e. The summed E-state index contributed by atoms with van der Waals surface area (Å²) in [5, 5.41) is 9.72. The molecular formula is C52H95O11P. The third-order valence-electron chi connectivity index (χ3n) is 11.1. The van der Waals surface area contributed by atoms with Crippen LogP contribution in [0.2, 0.25) is 0 Å². The summed E-state index contributed by atoms with van der Waals surface area (Å²) in [6.07, 6.45) is 45.6. The highest BCUT2D eigenvalue weighted by atomic mass is 31.2. The van der Waals surface area contributed by atoms with Gasteiger partial charge in [-0.1, -0.05) is 198 Å². The number of allylic oxidation sites excluding steroid dienone is 6. The minimum absolute atomic E-state index is 0.168. The second-order valence-corrected chi connectivity index (χ2v) is 18.8. The largest absolute Gasteiger partial charge is 0.472 e. The van der Waals surface area contributed by atoms with E-state index >= 15 is 0 Å². The number of carbonyl (C=O) groups excluding carboxylic acids is 3. The summed E-state index contributed by atoms with van der Waals surface area (Å²) in [5.74, 6) is -1.47. The first kappa shape index (κ1) is 61.7. The van der Waals surface area contributed by atoms with E-state index in [9.17, 15) is 28.9 Å². The molecule has 0 fully saturated rings. The van der Waals surface area contributed by atoms with Crippen molar-refractivity contribution in [3.05, 3.63) is 36.5 Å². The molecule has 0 rings (SSSR count). The first-order valence-electron chi connectivity index (χ1n) is 25.9. The quantitative estimate of drug-likeness (QED) is 0.0197. The first-order chi connectivity index (χ1) is 31.2. The number of aliphatic hydroxyl groups excluding tert-OH is 1. The third-order valence-corrected chi connectivity index (χ3v) is 12.0. The number of carbonyl (C=O) groups is 3. The lowest BCUT2D eigenvalue weighted by Gasteiger charge is -2.21. The highest BCUT2D eigenvalue weighted by Crippen LogP contribution is 2.43. The second-order valence-electron chi connectivity index (χ2n) is 17.3. The summed E-state index contributed by atoms with van der Waals surface area (Å²) >= 11 is 0. The maximum atomic E-state index is 12.8. The van der Waals surface area contributed by atoms with Gasteiger partial charge in [0.2, 0.25) is 0 Å². The zero-order valence-electron chi connectivity index (χ0n) is 41.0. The van der Waals surface area contributed by atoms with E-state index in [1.807, 2.05) is 0 Å². The van der Waals surface area contributed by atoms with E-state index in [0.29, 0.717) is 19.3 Å². The van der Waals surface area contributed by atoms with Gasteiger partial charge in [-0.05, 0) is 57.8 Å². The lowest BCUT2D eigenvalue weighted by molar-refractivity contribution is -0.161. The van der Waals surface area contributed by atoms with Crippen molar-refractivity contribution in [3.63, 3.8) is 0 Å². The first-order valence-corrected chi connectivity index (χ1v) is 27.4. The normalized spacial score (nSPS) is 13.8. The zero-order valence-corrected chi connectivity index (χ0v) is 41.9. The molecule has 12 heteroatoms. The van der Waals surface area contributed by atoms with Crippen molar-refractivity contribution in [2.24, 2.45) is 0 Å². The van der Waals surface area contributed by atoms with E-state index in [1.54, 1.807) is 0 Å². The van der Waals surface area contributed by atoms with Gasteiger partial charge in [0.25, 0.3) is 0 Å². The number of ether oxygens (including phenoxy) is 3. The Hall–Kier alpha value is -2.30. The Balaban J connectivity index is 4.65. The summed E-state index contributed by atoms with van der Waals surface area (Å²) < 4.78 is 39.2. The molecule has 3 atom stereocenters. The maximum Gasteiger partial charge on any atom is 0.472 e. The van der Waals surface area contributed by atoms with Crippen molar-refractivity contribution in [1.29, 1.82) is 0 Å². The van der Waals surface area contributed by atoms with E-state index in [0.717, 1.165) is 89.9 Å². The predicted molar refractivity (Wildman–Crippen MR) is 261 cm³/mol. The van der Waals surface area contributed by atoms with Crippen molar-refractivity contribution in [2.75, 3.05) is 26.4 Å². The van der Waals surface area contributed by atoms with Gasteiger partial charge in [-0.3, -0.25) is 23.4 Å². The summed E-state index contributed by atoms with van der Waals surface area (Å²) in [6.45, 7) is 4.55. The topological polar surface area (TPSA) is 155 Å². The Kier molecular flexibility index (Phi) is 45.5. The van der Waals surface area contributed by atoms with Crippen LogP contribution in [0.1, 0.15) is 239 Å². The average Bonchev–Trinajstić information content (AvgIpc) is 3.28. The van der Waals surface area contributed by atoms with Crippen molar-refractivity contribution >= 4 is 25.7 Å². The molecule has 0 aliphatic heterocycles. The maximum absolute atomic E-state index is 12.8.